The molecule has 30 heavy (non-hydrogen) atoms. The summed E-state index contributed by atoms with van der Waals surface area (Å²) in [5, 5.41) is 20.3. The van der Waals surface area contributed by atoms with Gasteiger partial charge < -0.3 is 24.7 Å². The van der Waals surface area contributed by atoms with Crippen LogP contribution in [0.2, 0.25) is 0 Å². The van der Waals surface area contributed by atoms with Crippen LogP contribution in [0.1, 0.15) is 32.6 Å². The van der Waals surface area contributed by atoms with Crippen molar-refractivity contribution < 1.29 is 19.7 Å². The molecule has 0 radical (unpaired) electrons. The van der Waals surface area contributed by atoms with Gasteiger partial charge in [-0.3, -0.25) is 9.69 Å². The molecule has 0 unspecified atom stereocenters. The monoisotopic (exact) mass is 411 g/mol. The molecule has 1 fully saturated rings. The van der Waals surface area contributed by atoms with Gasteiger partial charge in [-0.1, -0.05) is 18.2 Å². The molecule has 4 rings (SSSR count). The normalized spacial score (nSPS) is 17.2. The number of methoxy groups -OCH3 is 1. The number of carbonyl (C=O) groups is 1. The topological polar surface area (TPSA) is 76.5 Å². The Labute approximate surface area is 177 Å². The summed E-state index contributed by atoms with van der Waals surface area (Å²) in [6.07, 6.45) is 0. The highest BCUT2D eigenvalue weighted by atomic mass is 16.5. The van der Waals surface area contributed by atoms with Gasteiger partial charge >= 0.3 is 0 Å². The van der Waals surface area contributed by atoms with Gasteiger partial charge in [0.15, 0.2) is 0 Å². The molecule has 2 aromatic rings. The number of hydrogen-bond acceptors (Lipinski definition) is 6. The van der Waals surface area contributed by atoms with Crippen LogP contribution in [0, 0.1) is 6.92 Å². The van der Waals surface area contributed by atoms with Gasteiger partial charge in [-0.05, 0) is 30.7 Å². The third kappa shape index (κ3) is 3.82. The fraction of sp³-hybridized carbons (Fsp3) is 0.435. The average Bonchev–Trinajstić information content (AvgIpc) is 3.15. The van der Waals surface area contributed by atoms with Gasteiger partial charge in [0.2, 0.25) is 0 Å². The van der Waals surface area contributed by atoms with Gasteiger partial charge in [0.1, 0.15) is 22.8 Å². The second kappa shape index (κ2) is 8.16. The first-order valence-electron chi connectivity index (χ1n) is 10.3. The molecule has 0 aliphatic carbocycles. The molecule has 2 aromatic carbocycles. The van der Waals surface area contributed by atoms with Crippen LogP contribution in [0.4, 0.5) is 0 Å². The summed E-state index contributed by atoms with van der Waals surface area (Å²) in [5.74, 6) is -0.459. The number of rotatable bonds is 4. The second-order valence-corrected chi connectivity index (χ2v) is 8.29. The van der Waals surface area contributed by atoms with E-state index < -0.39 is 0 Å². The summed E-state index contributed by atoms with van der Waals surface area (Å²) in [4.78, 5) is 19.7. The fourth-order valence-corrected chi connectivity index (χ4v) is 4.30. The molecule has 0 saturated carbocycles. The number of aromatic hydroxyl groups is 2. The van der Waals surface area contributed by atoms with Crippen molar-refractivity contribution >= 4 is 5.91 Å². The molecular formula is C23H29N3O4. The summed E-state index contributed by atoms with van der Waals surface area (Å²) < 4.78 is 5.33. The molecule has 7 heteroatoms. The van der Waals surface area contributed by atoms with E-state index in [1.54, 1.807) is 11.8 Å². The Bertz CT molecular complexity index is 967. The maximum Gasteiger partial charge on any atom is 0.262 e. The zero-order valence-corrected chi connectivity index (χ0v) is 17.8. The number of nitrogens with zero attached hydrogens (tertiary/aromatic N) is 3. The van der Waals surface area contributed by atoms with Crippen molar-refractivity contribution in [2.45, 2.75) is 26.6 Å². The molecule has 0 bridgehead atoms. The zero-order valence-electron chi connectivity index (χ0n) is 17.8. The highest BCUT2D eigenvalue weighted by Gasteiger charge is 2.30. The van der Waals surface area contributed by atoms with Crippen molar-refractivity contribution in [3.8, 4) is 17.2 Å². The molecule has 1 saturated heterocycles. The van der Waals surface area contributed by atoms with E-state index in [2.05, 4.69) is 35.0 Å². The van der Waals surface area contributed by atoms with Gasteiger partial charge in [-0.25, -0.2) is 0 Å². The molecule has 2 N–H and O–H groups in total. The zero-order chi connectivity index (χ0) is 21.4. The molecule has 160 valence electrons. The van der Waals surface area contributed by atoms with Gasteiger partial charge in [-0.15, -0.1) is 0 Å². The second-order valence-electron chi connectivity index (χ2n) is 8.29. The Balaban J connectivity index is 1.51. The van der Waals surface area contributed by atoms with E-state index in [1.165, 1.54) is 18.7 Å². The van der Waals surface area contributed by atoms with Crippen LogP contribution >= 0.6 is 0 Å². The Hall–Kier alpha value is -2.77. The third-order valence-corrected chi connectivity index (χ3v) is 6.18. The number of likely N-dealkylation sites (N-methyl/N-ethyl adjacent to an activating group) is 1. The maximum absolute atomic E-state index is 13.2. The highest BCUT2D eigenvalue weighted by Crippen LogP contribution is 2.39. The molecule has 1 amide bonds. The first-order valence-corrected chi connectivity index (χ1v) is 10.3. The predicted molar refractivity (Wildman–Crippen MR) is 114 cm³/mol. The van der Waals surface area contributed by atoms with E-state index in [0.29, 0.717) is 18.7 Å². The smallest absolute Gasteiger partial charge is 0.262 e. The minimum absolute atomic E-state index is 0.0956. The van der Waals surface area contributed by atoms with Crippen LogP contribution in [0.15, 0.2) is 24.3 Å². The van der Waals surface area contributed by atoms with Crippen molar-refractivity contribution in [2.24, 2.45) is 0 Å². The predicted octanol–water partition coefficient (Wildman–Crippen LogP) is 2.32. The summed E-state index contributed by atoms with van der Waals surface area (Å²) in [6.45, 7) is 7.87. The maximum atomic E-state index is 13.2. The molecule has 7 nitrogen and oxygen atoms in total. The fourth-order valence-electron chi connectivity index (χ4n) is 4.30. The van der Waals surface area contributed by atoms with Crippen molar-refractivity contribution in [2.75, 3.05) is 40.3 Å². The number of piperazine rings is 1. The Morgan fingerprint density at radius 1 is 1.03 bits per heavy atom. The summed E-state index contributed by atoms with van der Waals surface area (Å²) >= 11 is 0. The van der Waals surface area contributed by atoms with Crippen molar-refractivity contribution in [3.05, 3.63) is 52.1 Å². The number of fused-ring (bicyclic) bond motifs is 1. The lowest BCUT2D eigenvalue weighted by atomic mass is 10.1. The van der Waals surface area contributed by atoms with Gasteiger partial charge in [0.05, 0.1) is 7.11 Å². The Kier molecular flexibility index (Phi) is 5.58. The highest BCUT2D eigenvalue weighted by molar-refractivity contribution is 6.00. The van der Waals surface area contributed by atoms with Gasteiger partial charge in [0, 0.05) is 57.4 Å². The van der Waals surface area contributed by atoms with Crippen LogP contribution in [-0.4, -0.2) is 71.2 Å². The van der Waals surface area contributed by atoms with Crippen LogP contribution in [0.5, 0.6) is 17.2 Å². The van der Waals surface area contributed by atoms with E-state index in [1.807, 2.05) is 0 Å². The first-order chi connectivity index (χ1) is 14.4. The number of hydrogen-bond donors (Lipinski definition) is 2. The number of phenols is 2. The van der Waals surface area contributed by atoms with Gasteiger partial charge in [-0.2, -0.15) is 0 Å². The Morgan fingerprint density at radius 3 is 2.43 bits per heavy atom. The van der Waals surface area contributed by atoms with Crippen LogP contribution < -0.4 is 4.74 Å². The van der Waals surface area contributed by atoms with Crippen molar-refractivity contribution in [3.63, 3.8) is 0 Å². The van der Waals surface area contributed by atoms with Crippen molar-refractivity contribution in [1.82, 2.24) is 14.7 Å². The summed E-state index contributed by atoms with van der Waals surface area (Å²) in [6, 6.07) is 7.64. The van der Waals surface area contributed by atoms with E-state index >= 15 is 0 Å². The van der Waals surface area contributed by atoms with Crippen LogP contribution in [0.3, 0.4) is 0 Å². The van der Waals surface area contributed by atoms with E-state index in [0.717, 1.165) is 43.9 Å². The van der Waals surface area contributed by atoms with Crippen LogP contribution in [-0.2, 0) is 19.6 Å². The lowest BCUT2D eigenvalue weighted by molar-refractivity contribution is 0.0744. The first kappa shape index (κ1) is 20.5. The number of phenolic OH excluding ortho intramolecular Hbond substituents is 2. The molecule has 2 heterocycles. The minimum Gasteiger partial charge on any atom is -0.507 e. The number of benzene rings is 2. The quantitative estimate of drug-likeness (QED) is 0.804. The Morgan fingerprint density at radius 2 is 1.73 bits per heavy atom. The lowest BCUT2D eigenvalue weighted by Crippen LogP contribution is -2.43. The number of ether oxygens (including phenoxy) is 1. The SMILES string of the molecule is COc1c(C)c(O)cc(O)c1C(=O)N1Cc2ccc(CN3CCN(C)CC3)cc2C1. The van der Waals surface area contributed by atoms with E-state index in [4.69, 9.17) is 4.74 Å². The molecule has 2 aliphatic rings. The largest absolute Gasteiger partial charge is 0.507 e. The standard InChI is InChI=1S/C23H29N3O4/c1-15-19(27)11-20(28)21(22(15)30-3)23(29)26-13-17-5-4-16(10-18(17)14-26)12-25-8-6-24(2)7-9-25/h4-5,10-11,27-28H,6-9,12-14H2,1-3H3. The number of carbonyl (C=O) groups excluding carboxylic acids is 1. The summed E-state index contributed by atoms with van der Waals surface area (Å²) in [7, 11) is 3.59. The summed E-state index contributed by atoms with van der Waals surface area (Å²) in [5.41, 5.74) is 4.06. The van der Waals surface area contributed by atoms with Crippen molar-refractivity contribution in [1.29, 1.82) is 0 Å². The third-order valence-electron chi connectivity index (χ3n) is 6.18. The van der Waals surface area contributed by atoms with Crippen LogP contribution in [0.25, 0.3) is 0 Å². The lowest BCUT2D eigenvalue weighted by Gasteiger charge is -2.32. The van der Waals surface area contributed by atoms with E-state index in [9.17, 15) is 15.0 Å². The molecular weight excluding hydrogens is 382 g/mol. The minimum atomic E-state index is -0.302. The molecule has 2 aliphatic heterocycles. The molecule has 0 spiro atoms. The average molecular weight is 412 g/mol. The van der Waals surface area contributed by atoms with E-state index in [-0.39, 0.29) is 28.7 Å². The van der Waals surface area contributed by atoms with Gasteiger partial charge in [0.25, 0.3) is 5.91 Å². The number of amides is 1. The molecule has 0 aromatic heterocycles. The molecule has 0 atom stereocenters.